The third-order valence-electron chi connectivity index (χ3n) is 4.98. The Morgan fingerprint density at radius 3 is 2.28 bits per heavy atom. The van der Waals surface area contributed by atoms with Gasteiger partial charge in [0.2, 0.25) is 0 Å². The number of nitrogens with one attached hydrogen (secondary N) is 1. The molecule has 0 aliphatic rings. The zero-order valence-corrected chi connectivity index (χ0v) is 16.1. The maximum Gasteiger partial charge on any atom is 0.298 e. The number of hydrogen-bond acceptors (Lipinski definition) is 2. The Bertz CT molecular complexity index is 1220. The number of pyridine rings is 1. The number of hydrogen-bond donors (Lipinski definition) is 1. The number of nitrogens with zero attached hydrogens (tertiary/aromatic N) is 1. The fourth-order valence-corrected chi connectivity index (χ4v) is 3.49. The van der Waals surface area contributed by atoms with Crippen LogP contribution in [0.4, 0.5) is 10.1 Å². The average molecular weight is 386 g/mol. The van der Waals surface area contributed by atoms with Crippen molar-refractivity contribution in [1.29, 1.82) is 0 Å². The minimum absolute atomic E-state index is 0.246. The molecule has 2 heterocycles. The van der Waals surface area contributed by atoms with E-state index in [1.807, 2.05) is 50.2 Å². The van der Waals surface area contributed by atoms with Gasteiger partial charge in [0, 0.05) is 23.0 Å². The van der Waals surface area contributed by atoms with Gasteiger partial charge in [-0.2, -0.15) is 0 Å². The third-order valence-corrected chi connectivity index (χ3v) is 4.98. The first-order valence-electron chi connectivity index (χ1n) is 9.23. The Morgan fingerprint density at radius 1 is 0.897 bits per heavy atom. The second-order valence-electron chi connectivity index (χ2n) is 6.96. The van der Waals surface area contributed by atoms with E-state index in [1.54, 1.807) is 28.8 Å². The van der Waals surface area contributed by atoms with Gasteiger partial charge in [-0.15, -0.1) is 0 Å². The van der Waals surface area contributed by atoms with Gasteiger partial charge < -0.3 is 9.72 Å². The van der Waals surface area contributed by atoms with E-state index in [0.717, 1.165) is 16.6 Å². The molecule has 2 aromatic carbocycles. The summed E-state index contributed by atoms with van der Waals surface area (Å²) in [5.41, 5.74) is 4.66. The van der Waals surface area contributed by atoms with Crippen LogP contribution in [0.1, 0.15) is 21.6 Å². The predicted octanol–water partition coefficient (Wildman–Crippen LogP) is 5.18. The molecule has 0 aliphatic carbocycles. The van der Waals surface area contributed by atoms with Crippen molar-refractivity contribution in [3.8, 4) is 11.1 Å². The van der Waals surface area contributed by atoms with E-state index in [-0.39, 0.29) is 11.5 Å². The summed E-state index contributed by atoms with van der Waals surface area (Å²) in [6.45, 7) is 3.76. The van der Waals surface area contributed by atoms with Gasteiger partial charge in [0.05, 0.1) is 0 Å². The Morgan fingerprint density at radius 2 is 1.59 bits per heavy atom. The Hall–Kier alpha value is -3.73. The van der Waals surface area contributed by atoms with Crippen LogP contribution in [0.25, 0.3) is 16.6 Å². The quantitative estimate of drug-likeness (QED) is 0.388. The molecule has 5 heteroatoms. The highest BCUT2D eigenvalue weighted by Gasteiger charge is 2.25. The summed E-state index contributed by atoms with van der Waals surface area (Å²) in [7, 11) is 0. The van der Waals surface area contributed by atoms with Crippen molar-refractivity contribution in [2.45, 2.75) is 13.8 Å². The molecule has 1 amide bonds. The van der Waals surface area contributed by atoms with Crippen LogP contribution in [0.2, 0.25) is 0 Å². The van der Waals surface area contributed by atoms with Crippen LogP contribution in [0.3, 0.4) is 0 Å². The maximum atomic E-state index is 13.4. The number of halogens is 1. The molecular formula is C24H19FN2O2. The second-order valence-corrected chi connectivity index (χ2v) is 6.96. The summed E-state index contributed by atoms with van der Waals surface area (Å²) in [4.78, 5) is 26.1. The SMILES string of the molecule is Cc1cccc(C)c1NC(=O)C(=O)c1c(-c2ccc(F)cc2)cc2ccccn12. The second kappa shape index (κ2) is 7.36. The van der Waals surface area contributed by atoms with Crippen LogP contribution in [0.15, 0.2) is 72.9 Å². The van der Waals surface area contributed by atoms with Crippen molar-refractivity contribution in [1.82, 2.24) is 4.40 Å². The highest BCUT2D eigenvalue weighted by Crippen LogP contribution is 2.29. The number of carbonyl (C=O) groups is 2. The highest BCUT2D eigenvalue weighted by atomic mass is 19.1. The van der Waals surface area contributed by atoms with Gasteiger partial charge in [0.15, 0.2) is 0 Å². The third kappa shape index (κ3) is 3.43. The van der Waals surface area contributed by atoms with E-state index < -0.39 is 11.7 Å². The molecule has 144 valence electrons. The first kappa shape index (κ1) is 18.6. The number of anilines is 1. The van der Waals surface area contributed by atoms with Crippen LogP contribution < -0.4 is 5.32 Å². The molecule has 29 heavy (non-hydrogen) atoms. The number of rotatable bonds is 4. The smallest absolute Gasteiger partial charge is 0.298 e. The zero-order valence-electron chi connectivity index (χ0n) is 16.1. The van der Waals surface area contributed by atoms with E-state index >= 15 is 0 Å². The van der Waals surface area contributed by atoms with Crippen LogP contribution >= 0.6 is 0 Å². The van der Waals surface area contributed by atoms with Gasteiger partial charge in [0.25, 0.3) is 11.7 Å². The van der Waals surface area contributed by atoms with E-state index in [0.29, 0.717) is 16.8 Å². The Kier molecular flexibility index (Phi) is 4.72. The van der Waals surface area contributed by atoms with Gasteiger partial charge in [-0.05, 0) is 60.9 Å². The summed E-state index contributed by atoms with van der Waals surface area (Å²) < 4.78 is 15.1. The van der Waals surface area contributed by atoms with Crippen molar-refractivity contribution in [3.63, 3.8) is 0 Å². The molecule has 4 rings (SSSR count). The number of amides is 1. The standard InChI is InChI=1S/C24H19FN2O2/c1-15-6-5-7-16(2)21(15)26-24(29)23(28)22-20(17-9-11-18(25)12-10-17)14-19-8-3-4-13-27(19)22/h3-14H,1-2H3,(H,26,29). The predicted molar refractivity (Wildman–Crippen MR) is 112 cm³/mol. The zero-order chi connectivity index (χ0) is 20.5. The van der Waals surface area contributed by atoms with Crippen LogP contribution in [0, 0.1) is 19.7 Å². The fraction of sp³-hybridized carbons (Fsp3) is 0.0833. The number of aryl methyl sites for hydroxylation is 2. The molecule has 4 nitrogen and oxygen atoms in total. The normalized spacial score (nSPS) is 10.9. The lowest BCUT2D eigenvalue weighted by atomic mass is 10.0. The molecule has 2 aromatic heterocycles. The molecule has 1 N–H and O–H groups in total. The average Bonchev–Trinajstić information content (AvgIpc) is 3.10. The van der Waals surface area contributed by atoms with Crippen LogP contribution in [-0.2, 0) is 4.79 Å². The molecule has 0 spiro atoms. The molecule has 0 fully saturated rings. The maximum absolute atomic E-state index is 13.4. The first-order valence-corrected chi connectivity index (χ1v) is 9.23. The molecule has 0 aliphatic heterocycles. The Balaban J connectivity index is 1.80. The summed E-state index contributed by atoms with van der Waals surface area (Å²) in [5.74, 6) is -1.73. The van der Waals surface area contributed by atoms with Crippen molar-refractivity contribution in [2.75, 3.05) is 5.32 Å². The number of fused-ring (bicyclic) bond motifs is 1. The Labute approximate surface area is 167 Å². The molecule has 4 aromatic rings. The largest absolute Gasteiger partial charge is 0.319 e. The summed E-state index contributed by atoms with van der Waals surface area (Å²) in [6.07, 6.45) is 1.74. The fourth-order valence-electron chi connectivity index (χ4n) is 3.49. The number of carbonyl (C=O) groups excluding carboxylic acids is 2. The number of para-hydroxylation sites is 1. The molecule has 0 atom stereocenters. The topological polar surface area (TPSA) is 50.6 Å². The van der Waals surface area contributed by atoms with E-state index in [1.165, 1.54) is 12.1 Å². The van der Waals surface area contributed by atoms with Crippen molar-refractivity contribution in [2.24, 2.45) is 0 Å². The molecular weight excluding hydrogens is 367 g/mol. The number of aromatic nitrogens is 1. The summed E-state index contributed by atoms with van der Waals surface area (Å²) in [6, 6.07) is 18.9. The first-order chi connectivity index (χ1) is 14.0. The van der Waals surface area contributed by atoms with Crippen LogP contribution in [-0.4, -0.2) is 16.1 Å². The van der Waals surface area contributed by atoms with Crippen molar-refractivity contribution in [3.05, 3.63) is 95.6 Å². The van der Waals surface area contributed by atoms with Gasteiger partial charge in [-0.3, -0.25) is 9.59 Å². The molecule has 0 saturated carbocycles. The summed E-state index contributed by atoms with van der Waals surface area (Å²) >= 11 is 0. The minimum atomic E-state index is -0.713. The lowest BCUT2D eigenvalue weighted by Crippen LogP contribution is -2.25. The van der Waals surface area contributed by atoms with Gasteiger partial charge >= 0.3 is 0 Å². The number of ketones is 1. The van der Waals surface area contributed by atoms with Crippen molar-refractivity contribution >= 4 is 22.9 Å². The number of Topliss-reactive ketones (excluding diaryl/α,β-unsaturated/α-hetero) is 1. The number of benzene rings is 2. The molecule has 0 saturated heterocycles. The van der Waals surface area contributed by atoms with Crippen LogP contribution in [0.5, 0.6) is 0 Å². The van der Waals surface area contributed by atoms with Gasteiger partial charge in [0.1, 0.15) is 11.5 Å². The van der Waals surface area contributed by atoms with Gasteiger partial charge in [-0.25, -0.2) is 4.39 Å². The molecule has 0 bridgehead atoms. The monoisotopic (exact) mass is 386 g/mol. The summed E-state index contributed by atoms with van der Waals surface area (Å²) in [5, 5.41) is 2.76. The molecule has 0 unspecified atom stereocenters. The van der Waals surface area contributed by atoms with Gasteiger partial charge in [-0.1, -0.05) is 36.4 Å². The van der Waals surface area contributed by atoms with Crippen molar-refractivity contribution < 1.29 is 14.0 Å². The lowest BCUT2D eigenvalue weighted by Gasteiger charge is -2.12. The highest BCUT2D eigenvalue weighted by molar-refractivity contribution is 6.47. The van der Waals surface area contributed by atoms with E-state index in [4.69, 9.17) is 0 Å². The minimum Gasteiger partial charge on any atom is -0.319 e. The lowest BCUT2D eigenvalue weighted by molar-refractivity contribution is -0.112. The molecule has 0 radical (unpaired) electrons. The van der Waals surface area contributed by atoms with E-state index in [9.17, 15) is 14.0 Å². The van der Waals surface area contributed by atoms with E-state index in [2.05, 4.69) is 5.32 Å².